The Hall–Kier alpha value is -3.35. The van der Waals surface area contributed by atoms with E-state index >= 15 is 0 Å². The molecule has 0 aliphatic carbocycles. The van der Waals surface area contributed by atoms with Crippen LogP contribution in [0, 0.1) is 0 Å². The van der Waals surface area contributed by atoms with Crippen molar-refractivity contribution in [1.82, 2.24) is 4.90 Å². The maximum absolute atomic E-state index is 13.2. The van der Waals surface area contributed by atoms with E-state index in [-0.39, 0.29) is 12.7 Å². The number of likely N-dealkylation sites (tertiary alicyclic amines) is 1. The first-order valence-corrected chi connectivity index (χ1v) is 9.20. The highest BCUT2D eigenvalue weighted by Gasteiger charge is 2.36. The Morgan fingerprint density at radius 3 is 2.38 bits per heavy atom. The summed E-state index contributed by atoms with van der Waals surface area (Å²) in [5.41, 5.74) is 2.59. The van der Waals surface area contributed by atoms with E-state index in [1.165, 1.54) is 0 Å². The molecule has 2 aromatic rings. The average molecular weight is 397 g/mol. The lowest BCUT2D eigenvalue weighted by molar-refractivity contribution is -0.129. The van der Waals surface area contributed by atoms with E-state index in [1.807, 2.05) is 30.3 Å². The predicted molar refractivity (Wildman–Crippen MR) is 106 cm³/mol. The first-order chi connectivity index (χ1) is 14.0. The molecule has 0 spiro atoms. The molecule has 1 unspecified atom stereocenters. The summed E-state index contributed by atoms with van der Waals surface area (Å²) in [4.78, 5) is 14.9. The molecule has 2 aliphatic rings. The quantitative estimate of drug-likeness (QED) is 0.698. The van der Waals surface area contributed by atoms with Gasteiger partial charge >= 0.3 is 0 Å². The van der Waals surface area contributed by atoms with E-state index < -0.39 is 5.92 Å². The lowest BCUT2D eigenvalue weighted by Crippen LogP contribution is -2.26. The van der Waals surface area contributed by atoms with Crippen molar-refractivity contribution in [1.29, 1.82) is 0 Å². The highest BCUT2D eigenvalue weighted by molar-refractivity contribution is 5.90. The summed E-state index contributed by atoms with van der Waals surface area (Å²) >= 11 is 0. The summed E-state index contributed by atoms with van der Waals surface area (Å²) in [6, 6.07) is 9.29. The van der Waals surface area contributed by atoms with Gasteiger partial charge < -0.3 is 28.6 Å². The molecule has 0 aromatic heterocycles. The van der Waals surface area contributed by atoms with Crippen molar-refractivity contribution < 1.29 is 28.5 Å². The first-order valence-electron chi connectivity index (χ1n) is 9.20. The van der Waals surface area contributed by atoms with Crippen LogP contribution < -0.4 is 23.7 Å². The summed E-state index contributed by atoms with van der Waals surface area (Å²) in [5.74, 6) is 2.59. The van der Waals surface area contributed by atoms with Crippen LogP contribution in [0.1, 0.15) is 17.0 Å². The summed E-state index contributed by atoms with van der Waals surface area (Å²) in [6.07, 6.45) is 0. The number of hydrogen-bond donors (Lipinski definition) is 0. The van der Waals surface area contributed by atoms with Gasteiger partial charge in [0, 0.05) is 13.1 Å². The van der Waals surface area contributed by atoms with Gasteiger partial charge in [-0.25, -0.2) is 0 Å². The van der Waals surface area contributed by atoms with Gasteiger partial charge in [-0.2, -0.15) is 0 Å². The van der Waals surface area contributed by atoms with Crippen LogP contribution in [0.5, 0.6) is 28.7 Å². The monoisotopic (exact) mass is 397 g/mol. The third-order valence-electron chi connectivity index (χ3n) is 5.19. The van der Waals surface area contributed by atoms with Crippen molar-refractivity contribution in [2.75, 3.05) is 34.7 Å². The zero-order chi connectivity index (χ0) is 20.5. The molecule has 7 nitrogen and oxygen atoms in total. The molecule has 1 amide bonds. The van der Waals surface area contributed by atoms with Crippen molar-refractivity contribution in [3.8, 4) is 28.7 Å². The third kappa shape index (κ3) is 3.33. The van der Waals surface area contributed by atoms with Gasteiger partial charge in [0.25, 0.3) is 0 Å². The smallest absolute Gasteiger partial charge is 0.234 e. The Morgan fingerprint density at radius 1 is 1.03 bits per heavy atom. The van der Waals surface area contributed by atoms with Crippen LogP contribution in [0.15, 0.2) is 42.5 Å². The Kier molecular flexibility index (Phi) is 4.96. The van der Waals surface area contributed by atoms with Crippen LogP contribution in [-0.2, 0) is 11.3 Å². The lowest BCUT2D eigenvalue weighted by Gasteiger charge is -2.19. The number of carbonyl (C=O) groups is 1. The molecule has 7 heteroatoms. The molecule has 29 heavy (non-hydrogen) atoms. The fraction of sp³-hybridized carbons (Fsp3) is 0.318. The van der Waals surface area contributed by atoms with Crippen LogP contribution in [0.25, 0.3) is 0 Å². The Morgan fingerprint density at radius 2 is 1.72 bits per heavy atom. The van der Waals surface area contributed by atoms with E-state index in [0.717, 1.165) is 16.7 Å². The second-order valence-corrected chi connectivity index (χ2v) is 6.93. The van der Waals surface area contributed by atoms with Gasteiger partial charge in [0.2, 0.25) is 18.4 Å². The molecular formula is C22H23NO6. The fourth-order valence-corrected chi connectivity index (χ4v) is 3.82. The zero-order valence-corrected chi connectivity index (χ0v) is 16.7. The molecule has 0 radical (unpaired) electrons. The van der Waals surface area contributed by atoms with E-state index in [0.29, 0.717) is 41.8 Å². The maximum Gasteiger partial charge on any atom is 0.234 e. The SMILES string of the molecule is C=C1CN(Cc2cc(OC)c(OC)c(OC)c2)C(=O)C1c1ccc2c(c1)OCO2. The van der Waals surface area contributed by atoms with Gasteiger partial charge in [0.05, 0.1) is 27.2 Å². The average Bonchev–Trinajstić information content (AvgIpc) is 3.30. The van der Waals surface area contributed by atoms with E-state index in [4.69, 9.17) is 23.7 Å². The minimum Gasteiger partial charge on any atom is -0.493 e. The molecule has 1 fully saturated rings. The molecule has 0 bridgehead atoms. The topological polar surface area (TPSA) is 66.5 Å². The van der Waals surface area contributed by atoms with E-state index in [9.17, 15) is 4.79 Å². The minimum absolute atomic E-state index is 0.00242. The molecule has 4 rings (SSSR count). The Bertz CT molecular complexity index is 945. The molecule has 0 saturated carbocycles. The van der Waals surface area contributed by atoms with Crippen molar-refractivity contribution in [2.24, 2.45) is 0 Å². The van der Waals surface area contributed by atoms with Gasteiger partial charge in [-0.05, 0) is 41.0 Å². The summed E-state index contributed by atoms with van der Waals surface area (Å²) in [7, 11) is 4.70. The number of amides is 1. The van der Waals surface area contributed by atoms with E-state index in [1.54, 1.807) is 26.2 Å². The second-order valence-electron chi connectivity index (χ2n) is 6.93. The largest absolute Gasteiger partial charge is 0.493 e. The Labute approximate surface area is 169 Å². The van der Waals surface area contributed by atoms with Gasteiger partial charge in [-0.3, -0.25) is 4.79 Å². The van der Waals surface area contributed by atoms with Crippen LogP contribution in [0.4, 0.5) is 0 Å². The highest BCUT2D eigenvalue weighted by atomic mass is 16.7. The normalized spacial score (nSPS) is 17.6. The van der Waals surface area contributed by atoms with Gasteiger partial charge in [-0.1, -0.05) is 12.6 Å². The molecule has 1 atom stereocenters. The lowest BCUT2D eigenvalue weighted by atomic mass is 9.94. The van der Waals surface area contributed by atoms with Crippen LogP contribution in [-0.4, -0.2) is 45.5 Å². The Balaban J connectivity index is 1.58. The number of nitrogens with zero attached hydrogens (tertiary/aromatic N) is 1. The fourth-order valence-electron chi connectivity index (χ4n) is 3.82. The number of carbonyl (C=O) groups excluding carboxylic acids is 1. The van der Waals surface area contributed by atoms with Crippen molar-refractivity contribution in [3.05, 3.63) is 53.6 Å². The number of benzene rings is 2. The molecular weight excluding hydrogens is 374 g/mol. The summed E-state index contributed by atoms with van der Waals surface area (Å²) in [5, 5.41) is 0. The predicted octanol–water partition coefficient (Wildman–Crippen LogP) is 3.12. The highest BCUT2D eigenvalue weighted by Crippen LogP contribution is 2.41. The molecule has 1 saturated heterocycles. The number of hydrogen-bond acceptors (Lipinski definition) is 6. The maximum atomic E-state index is 13.2. The molecule has 0 N–H and O–H groups in total. The third-order valence-corrected chi connectivity index (χ3v) is 5.19. The summed E-state index contributed by atoms with van der Waals surface area (Å²) in [6.45, 7) is 5.23. The van der Waals surface area contributed by atoms with Gasteiger partial charge in [-0.15, -0.1) is 0 Å². The molecule has 152 valence electrons. The summed E-state index contributed by atoms with van der Waals surface area (Å²) < 4.78 is 27.0. The molecule has 2 heterocycles. The molecule has 2 aromatic carbocycles. The number of ether oxygens (including phenoxy) is 5. The number of fused-ring (bicyclic) bond motifs is 1. The first kappa shape index (κ1) is 19.0. The van der Waals surface area contributed by atoms with Gasteiger partial charge in [0.15, 0.2) is 23.0 Å². The van der Waals surface area contributed by atoms with Crippen molar-refractivity contribution >= 4 is 5.91 Å². The van der Waals surface area contributed by atoms with Crippen molar-refractivity contribution in [2.45, 2.75) is 12.5 Å². The van der Waals surface area contributed by atoms with Crippen LogP contribution in [0.2, 0.25) is 0 Å². The minimum atomic E-state index is -0.397. The van der Waals surface area contributed by atoms with Crippen LogP contribution in [0.3, 0.4) is 0 Å². The van der Waals surface area contributed by atoms with Crippen LogP contribution >= 0.6 is 0 Å². The second kappa shape index (κ2) is 7.58. The van der Waals surface area contributed by atoms with E-state index in [2.05, 4.69) is 6.58 Å². The van der Waals surface area contributed by atoms with Gasteiger partial charge in [0.1, 0.15) is 0 Å². The van der Waals surface area contributed by atoms with Crippen molar-refractivity contribution in [3.63, 3.8) is 0 Å². The number of rotatable bonds is 6. The number of methoxy groups -OCH3 is 3. The zero-order valence-electron chi connectivity index (χ0n) is 16.7. The standard InChI is InChI=1S/C22H23NO6/c1-13-10-23(11-14-7-18(25-2)21(27-4)19(8-14)26-3)22(24)20(13)15-5-6-16-17(9-15)29-12-28-16/h5-9,20H,1,10-12H2,2-4H3. The molecule has 2 aliphatic heterocycles.